The molecule has 3 rings (SSSR count). The number of nitrogens with two attached hydrogens (primary N) is 1. The van der Waals surface area contributed by atoms with E-state index in [4.69, 9.17) is 40.5 Å². The summed E-state index contributed by atoms with van der Waals surface area (Å²) in [6.07, 6.45) is 1.41. The van der Waals surface area contributed by atoms with E-state index in [1.807, 2.05) is 25.1 Å². The van der Waals surface area contributed by atoms with Crippen LogP contribution < -0.4 is 16.4 Å². The Labute approximate surface area is 160 Å². The summed E-state index contributed by atoms with van der Waals surface area (Å²) in [5, 5.41) is 7.95. The number of nitrogens with one attached hydrogen (secondary N) is 2. The van der Waals surface area contributed by atoms with Gasteiger partial charge in [-0.1, -0.05) is 40.9 Å². The Balaban J connectivity index is 1.91. The summed E-state index contributed by atoms with van der Waals surface area (Å²) in [4.78, 5) is 8.37. The summed E-state index contributed by atoms with van der Waals surface area (Å²) in [5.74, 6) is 0.909. The lowest BCUT2D eigenvalue weighted by Gasteiger charge is -2.14. The second kappa shape index (κ2) is 7.35. The third-order valence-electron chi connectivity index (χ3n) is 3.53. The van der Waals surface area contributed by atoms with Crippen LogP contribution in [-0.2, 0) is 0 Å². The lowest BCUT2D eigenvalue weighted by atomic mass is 10.2. The predicted molar refractivity (Wildman–Crippen MR) is 106 cm³/mol. The Kier molecular flexibility index (Phi) is 5.18. The summed E-state index contributed by atoms with van der Waals surface area (Å²) >= 11 is 18.2. The molecule has 0 aliphatic rings. The third-order valence-corrected chi connectivity index (χ3v) is 4.38. The maximum Gasteiger partial charge on any atom is 0.159 e. The van der Waals surface area contributed by atoms with E-state index in [0.29, 0.717) is 38.1 Å². The van der Waals surface area contributed by atoms with E-state index in [1.54, 1.807) is 18.2 Å². The van der Waals surface area contributed by atoms with Crippen molar-refractivity contribution in [3.63, 3.8) is 0 Å². The minimum absolute atomic E-state index is 0.359. The monoisotopic (exact) mass is 393 g/mol. The topological polar surface area (TPSA) is 75.9 Å². The van der Waals surface area contributed by atoms with Crippen LogP contribution in [0.4, 0.5) is 28.7 Å². The summed E-state index contributed by atoms with van der Waals surface area (Å²) in [7, 11) is 0. The fourth-order valence-electron chi connectivity index (χ4n) is 2.23. The molecule has 1 heterocycles. The Morgan fingerprint density at radius 2 is 1.56 bits per heavy atom. The van der Waals surface area contributed by atoms with Gasteiger partial charge in [0.2, 0.25) is 0 Å². The number of hydrogen-bond donors (Lipinski definition) is 3. The van der Waals surface area contributed by atoms with Crippen LogP contribution in [0.5, 0.6) is 0 Å². The largest absolute Gasteiger partial charge is 0.393 e. The van der Waals surface area contributed by atoms with Crippen LogP contribution in [0.1, 0.15) is 5.56 Å². The Morgan fingerprint density at radius 3 is 2.24 bits per heavy atom. The van der Waals surface area contributed by atoms with Crippen molar-refractivity contribution in [2.75, 3.05) is 16.4 Å². The van der Waals surface area contributed by atoms with Crippen molar-refractivity contribution in [2.45, 2.75) is 6.92 Å². The smallest absolute Gasteiger partial charge is 0.159 e. The molecule has 0 fully saturated rings. The molecule has 0 spiro atoms. The van der Waals surface area contributed by atoms with Crippen molar-refractivity contribution in [3.8, 4) is 0 Å². The number of hydrogen-bond acceptors (Lipinski definition) is 5. The highest BCUT2D eigenvalue weighted by atomic mass is 35.5. The van der Waals surface area contributed by atoms with Crippen molar-refractivity contribution >= 4 is 63.5 Å². The van der Waals surface area contributed by atoms with Crippen LogP contribution in [0.3, 0.4) is 0 Å². The van der Waals surface area contributed by atoms with Gasteiger partial charge in [-0.2, -0.15) is 0 Å². The van der Waals surface area contributed by atoms with Gasteiger partial charge in [-0.25, -0.2) is 9.97 Å². The molecule has 0 radical (unpaired) electrons. The fraction of sp³-hybridized carbons (Fsp3) is 0.0588. The van der Waals surface area contributed by atoms with Gasteiger partial charge >= 0.3 is 0 Å². The average molecular weight is 395 g/mol. The molecule has 1 aromatic heterocycles. The van der Waals surface area contributed by atoms with Crippen LogP contribution in [0.15, 0.2) is 42.7 Å². The van der Waals surface area contributed by atoms with Crippen molar-refractivity contribution in [1.82, 2.24) is 9.97 Å². The Bertz CT molecular complexity index is 910. The highest BCUT2D eigenvalue weighted by molar-refractivity contribution is 6.35. The number of nitrogens with zero attached hydrogens (tertiary/aromatic N) is 2. The number of anilines is 5. The number of nitrogen functional groups attached to an aromatic ring is 1. The van der Waals surface area contributed by atoms with E-state index in [9.17, 15) is 0 Å². The lowest BCUT2D eigenvalue weighted by Crippen LogP contribution is -2.05. The molecule has 2 aromatic carbocycles. The molecule has 128 valence electrons. The molecule has 0 amide bonds. The Morgan fingerprint density at radius 1 is 0.920 bits per heavy atom. The number of aromatic nitrogens is 2. The highest BCUT2D eigenvalue weighted by Gasteiger charge is 2.11. The minimum Gasteiger partial charge on any atom is -0.393 e. The van der Waals surface area contributed by atoms with E-state index >= 15 is 0 Å². The van der Waals surface area contributed by atoms with Gasteiger partial charge in [0.15, 0.2) is 11.6 Å². The summed E-state index contributed by atoms with van der Waals surface area (Å²) < 4.78 is 0. The van der Waals surface area contributed by atoms with Crippen molar-refractivity contribution in [1.29, 1.82) is 0 Å². The summed E-state index contributed by atoms with van der Waals surface area (Å²) in [6, 6.07) is 10.7. The molecule has 25 heavy (non-hydrogen) atoms. The van der Waals surface area contributed by atoms with E-state index in [1.165, 1.54) is 6.33 Å². The normalized spacial score (nSPS) is 10.6. The number of halogens is 3. The van der Waals surface area contributed by atoms with Crippen LogP contribution in [0, 0.1) is 6.92 Å². The van der Waals surface area contributed by atoms with Crippen molar-refractivity contribution in [3.05, 3.63) is 63.4 Å². The zero-order valence-electron chi connectivity index (χ0n) is 13.1. The molecule has 8 heteroatoms. The molecule has 0 unspecified atom stereocenters. The maximum atomic E-state index is 6.19. The first-order valence-electron chi connectivity index (χ1n) is 7.30. The second-order valence-electron chi connectivity index (χ2n) is 5.31. The highest BCUT2D eigenvalue weighted by Crippen LogP contribution is 2.32. The molecule has 0 bridgehead atoms. The second-order valence-corrected chi connectivity index (χ2v) is 6.59. The number of rotatable bonds is 4. The SMILES string of the molecule is Cc1c(Cl)cccc1Nc1ncnc(Nc2cc(Cl)cc(Cl)c2)c1N. The Hall–Kier alpha value is -2.21. The summed E-state index contributed by atoms with van der Waals surface area (Å²) in [6.45, 7) is 1.91. The van der Waals surface area contributed by atoms with E-state index in [2.05, 4.69) is 20.6 Å². The van der Waals surface area contributed by atoms with Gasteiger partial charge in [0, 0.05) is 26.4 Å². The first-order valence-corrected chi connectivity index (χ1v) is 8.43. The molecule has 0 saturated carbocycles. The van der Waals surface area contributed by atoms with E-state index in [0.717, 1.165) is 11.3 Å². The first kappa shape index (κ1) is 17.6. The molecule has 0 aliphatic heterocycles. The molecule has 0 atom stereocenters. The van der Waals surface area contributed by atoms with Gasteiger partial charge in [0.1, 0.15) is 12.0 Å². The van der Waals surface area contributed by atoms with Crippen molar-refractivity contribution < 1.29 is 0 Å². The molecule has 4 N–H and O–H groups in total. The maximum absolute atomic E-state index is 6.19. The van der Waals surface area contributed by atoms with E-state index in [-0.39, 0.29) is 0 Å². The average Bonchev–Trinajstić information content (AvgIpc) is 2.54. The standard InChI is InChI=1S/C17H14Cl3N5/c1-9-13(20)3-2-4-14(9)25-17-15(21)16(22-8-23-17)24-12-6-10(18)5-11(19)7-12/h2-8H,21H2,1H3,(H2,22,23,24,25). The van der Waals surface area contributed by atoms with Gasteiger partial charge in [0.05, 0.1) is 0 Å². The van der Waals surface area contributed by atoms with Crippen LogP contribution in [-0.4, -0.2) is 9.97 Å². The molecular formula is C17H14Cl3N5. The van der Waals surface area contributed by atoms with Gasteiger partial charge in [0.25, 0.3) is 0 Å². The minimum atomic E-state index is 0.359. The molecular weight excluding hydrogens is 381 g/mol. The molecule has 5 nitrogen and oxygen atoms in total. The van der Waals surface area contributed by atoms with Crippen LogP contribution in [0.2, 0.25) is 15.1 Å². The predicted octanol–water partition coefficient (Wildman–Crippen LogP) is 5.81. The quantitative estimate of drug-likeness (QED) is 0.520. The molecule has 3 aromatic rings. The molecule has 0 saturated heterocycles. The van der Waals surface area contributed by atoms with Gasteiger partial charge in [-0.05, 0) is 42.8 Å². The lowest BCUT2D eigenvalue weighted by molar-refractivity contribution is 1.17. The fourth-order valence-corrected chi connectivity index (χ4v) is 2.93. The summed E-state index contributed by atoms with van der Waals surface area (Å²) in [5.41, 5.74) is 8.94. The first-order chi connectivity index (χ1) is 11.9. The molecule has 0 aliphatic carbocycles. The zero-order chi connectivity index (χ0) is 18.0. The van der Waals surface area contributed by atoms with Gasteiger partial charge in [-0.15, -0.1) is 0 Å². The van der Waals surface area contributed by atoms with E-state index < -0.39 is 0 Å². The third kappa shape index (κ3) is 4.07. The van der Waals surface area contributed by atoms with Gasteiger partial charge < -0.3 is 16.4 Å². The van der Waals surface area contributed by atoms with Crippen molar-refractivity contribution in [2.24, 2.45) is 0 Å². The number of benzene rings is 2. The van der Waals surface area contributed by atoms with Crippen LogP contribution in [0.25, 0.3) is 0 Å². The van der Waals surface area contributed by atoms with Gasteiger partial charge in [-0.3, -0.25) is 0 Å². The van der Waals surface area contributed by atoms with Crippen LogP contribution >= 0.6 is 34.8 Å². The zero-order valence-corrected chi connectivity index (χ0v) is 15.4.